The quantitative estimate of drug-likeness (QED) is 0.723. The van der Waals surface area contributed by atoms with Crippen LogP contribution in [-0.2, 0) is 9.53 Å². The highest BCUT2D eigenvalue weighted by Gasteiger charge is 2.36. The number of thioether (sulfide) groups is 1. The van der Waals surface area contributed by atoms with Crippen LogP contribution < -0.4 is 0 Å². The van der Waals surface area contributed by atoms with Crippen molar-refractivity contribution in [2.45, 2.75) is 6.92 Å². The van der Waals surface area contributed by atoms with Crippen LogP contribution in [-0.4, -0.2) is 35.7 Å². The molecule has 0 bridgehead atoms. The van der Waals surface area contributed by atoms with Crippen molar-refractivity contribution in [3.63, 3.8) is 0 Å². The SMILES string of the molecule is Br.CCOC(=O)C1=C(c2ccc3ccccc3c2)N2CCN=C2S1. The van der Waals surface area contributed by atoms with Gasteiger partial charge in [-0.1, -0.05) is 36.4 Å². The molecule has 0 spiro atoms. The van der Waals surface area contributed by atoms with Gasteiger partial charge in [0.25, 0.3) is 0 Å². The van der Waals surface area contributed by atoms with E-state index in [1.54, 1.807) is 0 Å². The maximum absolute atomic E-state index is 12.3. The summed E-state index contributed by atoms with van der Waals surface area (Å²) in [7, 11) is 0. The van der Waals surface area contributed by atoms with Gasteiger partial charge in [0.05, 0.1) is 18.8 Å². The Labute approximate surface area is 155 Å². The maximum atomic E-state index is 12.3. The van der Waals surface area contributed by atoms with Crippen molar-refractivity contribution < 1.29 is 9.53 Å². The van der Waals surface area contributed by atoms with E-state index >= 15 is 0 Å². The number of halogens is 1. The molecule has 2 aromatic rings. The number of nitrogens with zero attached hydrogens (tertiary/aromatic N) is 2. The number of hydrogen-bond acceptors (Lipinski definition) is 5. The minimum Gasteiger partial charge on any atom is -0.462 e. The Balaban J connectivity index is 0.00000169. The van der Waals surface area contributed by atoms with Crippen LogP contribution >= 0.6 is 28.7 Å². The van der Waals surface area contributed by atoms with Gasteiger partial charge in [0.15, 0.2) is 5.17 Å². The second-order valence-corrected chi connectivity index (χ2v) is 6.36. The minimum atomic E-state index is -0.266. The molecule has 6 heteroatoms. The maximum Gasteiger partial charge on any atom is 0.347 e. The number of fused-ring (bicyclic) bond motifs is 2. The molecular weight excluding hydrogens is 388 g/mol. The summed E-state index contributed by atoms with van der Waals surface area (Å²) in [4.78, 5) is 19.6. The molecule has 2 aliphatic heterocycles. The minimum absolute atomic E-state index is 0. The lowest BCUT2D eigenvalue weighted by Gasteiger charge is -2.17. The second-order valence-electron chi connectivity index (χ2n) is 5.38. The summed E-state index contributed by atoms with van der Waals surface area (Å²) in [5, 5.41) is 3.25. The normalized spacial score (nSPS) is 16.0. The summed E-state index contributed by atoms with van der Waals surface area (Å²) in [5.74, 6) is -0.266. The van der Waals surface area contributed by atoms with Crippen molar-refractivity contribution >= 4 is 56.3 Å². The van der Waals surface area contributed by atoms with Gasteiger partial charge in [0.1, 0.15) is 4.91 Å². The lowest BCUT2D eigenvalue weighted by Crippen LogP contribution is -2.20. The van der Waals surface area contributed by atoms with Crippen molar-refractivity contribution in [3.8, 4) is 0 Å². The van der Waals surface area contributed by atoms with E-state index in [1.807, 2.05) is 19.1 Å². The molecule has 0 saturated heterocycles. The Kier molecular flexibility index (Phi) is 4.96. The van der Waals surface area contributed by atoms with Crippen molar-refractivity contribution in [2.24, 2.45) is 4.99 Å². The molecule has 0 unspecified atom stereocenters. The molecule has 2 heterocycles. The molecule has 0 aliphatic carbocycles. The molecule has 0 atom stereocenters. The predicted octanol–water partition coefficient (Wildman–Crippen LogP) is 4.07. The standard InChI is InChI=1S/C18H16N2O2S.BrH/c1-2-22-17(21)16-15(20-10-9-19-18(20)23-16)14-8-7-12-5-3-4-6-13(12)11-14;/h3-8,11H,2,9-10H2,1H3;1H. The average molecular weight is 405 g/mol. The van der Waals surface area contributed by atoms with E-state index in [0.717, 1.165) is 34.9 Å². The monoisotopic (exact) mass is 404 g/mol. The highest BCUT2D eigenvalue weighted by Crippen LogP contribution is 2.42. The van der Waals surface area contributed by atoms with Gasteiger partial charge in [0, 0.05) is 12.1 Å². The fourth-order valence-corrected chi connectivity index (χ4v) is 4.04. The van der Waals surface area contributed by atoms with Gasteiger partial charge in [-0.25, -0.2) is 4.79 Å². The third-order valence-corrected chi connectivity index (χ3v) is 5.06. The molecule has 2 aromatic carbocycles. The topological polar surface area (TPSA) is 41.9 Å². The summed E-state index contributed by atoms with van der Waals surface area (Å²) in [6.07, 6.45) is 0. The molecule has 0 fully saturated rings. The Hall–Kier alpha value is -1.79. The highest BCUT2D eigenvalue weighted by atomic mass is 79.9. The zero-order chi connectivity index (χ0) is 15.8. The molecule has 0 aromatic heterocycles. The van der Waals surface area contributed by atoms with E-state index in [0.29, 0.717) is 11.5 Å². The first-order valence-electron chi connectivity index (χ1n) is 7.68. The number of ether oxygens (including phenoxy) is 1. The van der Waals surface area contributed by atoms with E-state index in [1.165, 1.54) is 17.1 Å². The van der Waals surface area contributed by atoms with Gasteiger partial charge < -0.3 is 9.64 Å². The van der Waals surface area contributed by atoms with Gasteiger partial charge >= 0.3 is 5.97 Å². The summed E-state index contributed by atoms with van der Waals surface area (Å²) in [6, 6.07) is 14.5. The van der Waals surface area contributed by atoms with E-state index in [9.17, 15) is 4.79 Å². The molecule has 0 N–H and O–H groups in total. The highest BCUT2D eigenvalue weighted by molar-refractivity contribution is 8.93. The van der Waals surface area contributed by atoms with Crippen LogP contribution in [0, 0.1) is 0 Å². The number of carbonyl (C=O) groups excluding carboxylic acids is 1. The van der Waals surface area contributed by atoms with Crippen LogP contribution in [0.25, 0.3) is 16.5 Å². The summed E-state index contributed by atoms with van der Waals surface area (Å²) in [5.41, 5.74) is 1.96. The fraction of sp³-hybridized carbons (Fsp3) is 0.222. The van der Waals surface area contributed by atoms with Crippen molar-refractivity contribution in [1.82, 2.24) is 4.90 Å². The van der Waals surface area contributed by atoms with E-state index in [2.05, 4.69) is 40.2 Å². The number of carbonyl (C=O) groups is 1. The first-order valence-corrected chi connectivity index (χ1v) is 8.50. The predicted molar refractivity (Wildman–Crippen MR) is 104 cm³/mol. The van der Waals surface area contributed by atoms with Crippen LogP contribution in [0.15, 0.2) is 52.4 Å². The van der Waals surface area contributed by atoms with Gasteiger partial charge in [-0.3, -0.25) is 4.99 Å². The first-order chi connectivity index (χ1) is 11.3. The van der Waals surface area contributed by atoms with Crippen LogP contribution in [0.3, 0.4) is 0 Å². The molecular formula is C18H17BrN2O2S. The lowest BCUT2D eigenvalue weighted by molar-refractivity contribution is -0.137. The van der Waals surface area contributed by atoms with Gasteiger partial charge in [-0.15, -0.1) is 17.0 Å². The Morgan fingerprint density at radius 3 is 2.83 bits per heavy atom. The molecule has 0 amide bonds. The second kappa shape index (κ2) is 6.99. The van der Waals surface area contributed by atoms with E-state index < -0.39 is 0 Å². The largest absolute Gasteiger partial charge is 0.462 e. The van der Waals surface area contributed by atoms with Crippen molar-refractivity contribution in [1.29, 1.82) is 0 Å². The lowest BCUT2D eigenvalue weighted by atomic mass is 10.0. The van der Waals surface area contributed by atoms with Gasteiger partial charge in [-0.05, 0) is 35.5 Å². The number of esters is 1. The van der Waals surface area contributed by atoms with Crippen molar-refractivity contribution in [2.75, 3.05) is 19.7 Å². The summed E-state index contributed by atoms with van der Waals surface area (Å²) >= 11 is 1.42. The first kappa shape index (κ1) is 17.0. The average Bonchev–Trinajstić information content (AvgIpc) is 3.15. The molecule has 24 heavy (non-hydrogen) atoms. The van der Waals surface area contributed by atoms with Gasteiger partial charge in [-0.2, -0.15) is 0 Å². The molecule has 0 radical (unpaired) electrons. The van der Waals surface area contributed by atoms with E-state index in [4.69, 9.17) is 4.74 Å². The van der Waals surface area contributed by atoms with Crippen LogP contribution in [0.1, 0.15) is 12.5 Å². The molecule has 2 aliphatic rings. The van der Waals surface area contributed by atoms with E-state index in [-0.39, 0.29) is 23.0 Å². The Bertz CT molecular complexity index is 863. The third-order valence-electron chi connectivity index (χ3n) is 3.96. The molecule has 4 nitrogen and oxygen atoms in total. The van der Waals surface area contributed by atoms with Gasteiger partial charge in [0.2, 0.25) is 0 Å². The number of hydrogen-bond donors (Lipinski definition) is 0. The molecule has 4 rings (SSSR count). The summed E-state index contributed by atoms with van der Waals surface area (Å²) in [6.45, 7) is 3.79. The third kappa shape index (κ3) is 2.84. The Morgan fingerprint density at radius 2 is 2.04 bits per heavy atom. The Morgan fingerprint density at radius 1 is 1.25 bits per heavy atom. The number of aliphatic imine (C=N–C) groups is 1. The van der Waals surface area contributed by atoms with Crippen LogP contribution in [0.5, 0.6) is 0 Å². The zero-order valence-corrected chi connectivity index (χ0v) is 15.7. The number of rotatable bonds is 3. The van der Waals surface area contributed by atoms with Crippen LogP contribution in [0.2, 0.25) is 0 Å². The van der Waals surface area contributed by atoms with Crippen LogP contribution in [0.4, 0.5) is 0 Å². The smallest absolute Gasteiger partial charge is 0.347 e. The zero-order valence-electron chi connectivity index (χ0n) is 13.2. The number of benzene rings is 2. The molecule has 124 valence electrons. The summed E-state index contributed by atoms with van der Waals surface area (Å²) < 4.78 is 5.23. The molecule has 0 saturated carbocycles. The number of amidine groups is 1. The fourth-order valence-electron chi connectivity index (χ4n) is 2.94. The van der Waals surface area contributed by atoms with Crippen molar-refractivity contribution in [3.05, 3.63) is 52.9 Å².